The van der Waals surface area contributed by atoms with Crippen LogP contribution in [0.2, 0.25) is 0 Å². The number of hydrogen-bond acceptors (Lipinski definition) is 7. The number of rotatable bonds is 4. The number of hydrogen-bond donors (Lipinski definition) is 2. The van der Waals surface area contributed by atoms with E-state index in [1.165, 1.54) is 0 Å². The quantitative estimate of drug-likeness (QED) is 0.631. The van der Waals surface area contributed by atoms with Crippen LogP contribution in [0.3, 0.4) is 0 Å². The zero-order valence-corrected chi connectivity index (χ0v) is 12.4. The number of ether oxygens (including phenoxy) is 1. The summed E-state index contributed by atoms with van der Waals surface area (Å²) < 4.78 is 32.2. The van der Waals surface area contributed by atoms with E-state index in [2.05, 4.69) is 4.72 Å². The second kappa shape index (κ2) is 5.28. The topological polar surface area (TPSA) is 125 Å². The van der Waals surface area contributed by atoms with Crippen molar-refractivity contribution in [1.29, 1.82) is 0 Å². The van der Waals surface area contributed by atoms with E-state index in [9.17, 15) is 18.5 Å². The van der Waals surface area contributed by atoms with Gasteiger partial charge >= 0.3 is 5.69 Å². The van der Waals surface area contributed by atoms with E-state index in [1.54, 1.807) is 6.92 Å². The highest BCUT2D eigenvalue weighted by Gasteiger charge is 2.34. The number of nitrogens with zero attached hydrogens (tertiary/aromatic N) is 1. The van der Waals surface area contributed by atoms with Crippen molar-refractivity contribution >= 4 is 32.0 Å². The van der Waals surface area contributed by atoms with Crippen LogP contribution in [0.4, 0.5) is 10.7 Å². The molecule has 112 valence electrons. The lowest BCUT2D eigenvalue weighted by molar-refractivity contribution is -0.383. The highest BCUT2D eigenvalue weighted by molar-refractivity contribution is 7.91. The van der Waals surface area contributed by atoms with Gasteiger partial charge in [-0.05, 0) is 19.8 Å². The Bertz CT molecular complexity index is 619. The first-order valence-electron chi connectivity index (χ1n) is 5.89. The number of nitrogens with one attached hydrogen (secondary N) is 1. The number of sulfonamides is 1. The molecule has 0 aromatic carbocycles. The molecule has 8 nitrogen and oxygen atoms in total. The van der Waals surface area contributed by atoms with Crippen molar-refractivity contribution in [2.75, 3.05) is 18.9 Å². The summed E-state index contributed by atoms with van der Waals surface area (Å²) in [5, 5.41) is 10.6. The minimum atomic E-state index is -3.85. The number of nitro groups is 1. The lowest BCUT2D eigenvalue weighted by Crippen LogP contribution is -2.51. The smallest absolute Gasteiger partial charge is 0.304 e. The van der Waals surface area contributed by atoms with E-state index in [0.29, 0.717) is 24.4 Å². The Hall–Kier alpha value is -1.23. The summed E-state index contributed by atoms with van der Waals surface area (Å²) in [5.41, 5.74) is 4.37. The third-order valence-corrected chi connectivity index (χ3v) is 6.06. The van der Waals surface area contributed by atoms with Crippen LogP contribution in [-0.4, -0.2) is 32.1 Å². The Morgan fingerprint density at radius 3 is 2.80 bits per heavy atom. The summed E-state index contributed by atoms with van der Waals surface area (Å²) in [5.74, 6) is 0. The minimum absolute atomic E-state index is 0.125. The number of nitrogens with two attached hydrogens (primary N) is 1. The maximum Gasteiger partial charge on any atom is 0.304 e. The molecule has 0 amide bonds. The SMILES string of the molecule is CC1(NS(=O)(=O)c2cc([N+](=O)[O-])c(N)s2)CCCOC1. The molecule has 1 aliphatic rings. The van der Waals surface area contributed by atoms with E-state index in [-0.39, 0.29) is 21.5 Å². The van der Waals surface area contributed by atoms with Crippen molar-refractivity contribution in [3.05, 3.63) is 16.2 Å². The molecule has 0 bridgehead atoms. The monoisotopic (exact) mass is 321 g/mol. The molecule has 0 saturated carbocycles. The number of anilines is 1. The second-order valence-corrected chi connectivity index (χ2v) is 7.89. The molecule has 1 aromatic rings. The van der Waals surface area contributed by atoms with Gasteiger partial charge in [-0.2, -0.15) is 0 Å². The maximum absolute atomic E-state index is 12.3. The molecule has 1 aliphatic heterocycles. The van der Waals surface area contributed by atoms with Gasteiger partial charge in [0, 0.05) is 12.7 Å². The van der Waals surface area contributed by atoms with Crippen LogP contribution < -0.4 is 10.5 Å². The summed E-state index contributed by atoms with van der Waals surface area (Å²) in [6.07, 6.45) is 1.40. The molecule has 1 fully saturated rings. The van der Waals surface area contributed by atoms with Crippen LogP contribution in [0.25, 0.3) is 0 Å². The first-order valence-corrected chi connectivity index (χ1v) is 8.19. The highest BCUT2D eigenvalue weighted by atomic mass is 32.2. The predicted octanol–water partition coefficient (Wildman–Crippen LogP) is 1.09. The van der Waals surface area contributed by atoms with Crippen molar-refractivity contribution in [2.45, 2.75) is 29.5 Å². The van der Waals surface area contributed by atoms with Gasteiger partial charge in [-0.15, -0.1) is 0 Å². The fourth-order valence-electron chi connectivity index (χ4n) is 2.04. The Morgan fingerprint density at radius 2 is 2.30 bits per heavy atom. The van der Waals surface area contributed by atoms with Gasteiger partial charge in [0.05, 0.1) is 17.1 Å². The number of nitrogen functional groups attached to an aromatic ring is 1. The molecule has 0 aliphatic carbocycles. The normalized spacial score (nSPS) is 23.6. The molecule has 0 spiro atoms. The Kier molecular flexibility index (Phi) is 4.00. The van der Waals surface area contributed by atoms with E-state index < -0.39 is 20.5 Å². The van der Waals surface area contributed by atoms with E-state index in [4.69, 9.17) is 10.5 Å². The molecule has 1 aromatic heterocycles. The first kappa shape index (κ1) is 15.2. The molecule has 2 rings (SSSR count). The maximum atomic E-state index is 12.3. The zero-order valence-electron chi connectivity index (χ0n) is 10.8. The average Bonchev–Trinajstić information content (AvgIpc) is 2.72. The molecule has 3 N–H and O–H groups in total. The highest BCUT2D eigenvalue weighted by Crippen LogP contribution is 2.35. The Labute approximate surface area is 120 Å². The minimum Gasteiger partial charge on any atom is -0.385 e. The Morgan fingerprint density at radius 1 is 1.60 bits per heavy atom. The molecular weight excluding hydrogens is 306 g/mol. The summed E-state index contributed by atoms with van der Waals surface area (Å²) in [6.45, 7) is 2.62. The van der Waals surface area contributed by atoms with E-state index in [0.717, 1.165) is 12.5 Å². The van der Waals surface area contributed by atoms with Crippen molar-refractivity contribution in [3.8, 4) is 0 Å². The van der Waals surface area contributed by atoms with Crippen molar-refractivity contribution in [1.82, 2.24) is 4.72 Å². The van der Waals surface area contributed by atoms with Gasteiger partial charge in [0.25, 0.3) is 10.0 Å². The van der Waals surface area contributed by atoms with Crippen molar-refractivity contribution < 1.29 is 18.1 Å². The Balaban J connectivity index is 2.26. The van der Waals surface area contributed by atoms with E-state index >= 15 is 0 Å². The fourth-order valence-corrected chi connectivity index (χ4v) is 4.67. The van der Waals surface area contributed by atoms with Gasteiger partial charge in [-0.1, -0.05) is 11.3 Å². The summed E-state index contributed by atoms with van der Waals surface area (Å²) in [6, 6.07) is 0.982. The average molecular weight is 321 g/mol. The predicted molar refractivity (Wildman–Crippen MR) is 74.2 cm³/mol. The van der Waals surface area contributed by atoms with Gasteiger partial charge in [-0.3, -0.25) is 10.1 Å². The third kappa shape index (κ3) is 3.08. The largest absolute Gasteiger partial charge is 0.385 e. The van der Waals surface area contributed by atoms with Crippen LogP contribution >= 0.6 is 11.3 Å². The van der Waals surface area contributed by atoms with Gasteiger partial charge < -0.3 is 10.5 Å². The van der Waals surface area contributed by atoms with Crippen LogP contribution in [0.15, 0.2) is 10.3 Å². The molecule has 1 saturated heterocycles. The van der Waals surface area contributed by atoms with Crippen molar-refractivity contribution in [2.24, 2.45) is 0 Å². The molecule has 1 atom stereocenters. The lowest BCUT2D eigenvalue weighted by atomic mass is 9.97. The lowest BCUT2D eigenvalue weighted by Gasteiger charge is -2.33. The first-order chi connectivity index (χ1) is 9.23. The molecule has 20 heavy (non-hydrogen) atoms. The molecular formula is C10H15N3O5S2. The van der Waals surface area contributed by atoms with Gasteiger partial charge in [0.2, 0.25) is 0 Å². The third-order valence-electron chi connectivity index (χ3n) is 3.00. The van der Waals surface area contributed by atoms with Gasteiger partial charge in [0.1, 0.15) is 4.21 Å². The summed E-state index contributed by atoms with van der Waals surface area (Å²) in [7, 11) is -3.85. The van der Waals surface area contributed by atoms with Crippen LogP contribution in [-0.2, 0) is 14.8 Å². The fraction of sp³-hybridized carbons (Fsp3) is 0.600. The summed E-state index contributed by atoms with van der Waals surface area (Å²) in [4.78, 5) is 10.0. The van der Waals surface area contributed by atoms with Crippen LogP contribution in [0.1, 0.15) is 19.8 Å². The number of thiophene rings is 1. The van der Waals surface area contributed by atoms with Crippen molar-refractivity contribution in [3.63, 3.8) is 0 Å². The molecule has 0 radical (unpaired) electrons. The van der Waals surface area contributed by atoms with E-state index in [1.807, 2.05) is 0 Å². The van der Waals surface area contributed by atoms with Crippen LogP contribution in [0, 0.1) is 10.1 Å². The van der Waals surface area contributed by atoms with Crippen LogP contribution in [0.5, 0.6) is 0 Å². The second-order valence-electron chi connectivity index (χ2n) is 4.89. The summed E-state index contributed by atoms with van der Waals surface area (Å²) >= 11 is 0.682. The van der Waals surface area contributed by atoms with Gasteiger partial charge in [0.15, 0.2) is 5.00 Å². The molecule has 2 heterocycles. The van der Waals surface area contributed by atoms with Gasteiger partial charge in [-0.25, -0.2) is 13.1 Å². The molecule has 10 heteroatoms. The zero-order chi connectivity index (χ0) is 15.0. The molecule has 1 unspecified atom stereocenters. The standard InChI is InChI=1S/C10H15N3O5S2/c1-10(3-2-4-18-6-10)12-20(16,17)8-5-7(13(14)15)9(11)19-8/h5,12H,2-4,6,11H2,1H3.